The van der Waals surface area contributed by atoms with Crippen molar-refractivity contribution < 1.29 is 4.79 Å². The van der Waals surface area contributed by atoms with Crippen molar-refractivity contribution in [3.05, 3.63) is 11.6 Å². The maximum Gasteiger partial charge on any atom is 0.293 e. The summed E-state index contributed by atoms with van der Waals surface area (Å²) >= 11 is 0. The van der Waals surface area contributed by atoms with Gasteiger partial charge in [-0.3, -0.25) is 9.89 Å². The number of hydrogen-bond donors (Lipinski definition) is 2. The van der Waals surface area contributed by atoms with Crippen LogP contribution in [-0.4, -0.2) is 45.1 Å². The molecule has 1 saturated heterocycles. The third-order valence-electron chi connectivity index (χ3n) is 2.80. The van der Waals surface area contributed by atoms with E-state index >= 15 is 0 Å². The SMILES string of the molecule is CCc1nc(C(=O)N2CCC[C@@H](N)C2)n[nH]1. The third kappa shape index (κ3) is 2.21. The highest BCUT2D eigenvalue weighted by molar-refractivity contribution is 5.90. The van der Waals surface area contributed by atoms with Crippen molar-refractivity contribution in [2.45, 2.75) is 32.2 Å². The van der Waals surface area contributed by atoms with Gasteiger partial charge in [-0.05, 0) is 12.8 Å². The molecule has 0 spiro atoms. The molecule has 1 aliphatic rings. The van der Waals surface area contributed by atoms with Gasteiger partial charge in [-0.25, -0.2) is 4.98 Å². The number of aryl methyl sites for hydroxylation is 1. The fraction of sp³-hybridized carbons (Fsp3) is 0.700. The molecule has 1 atom stereocenters. The van der Waals surface area contributed by atoms with Gasteiger partial charge in [-0.1, -0.05) is 6.92 Å². The number of nitrogens with two attached hydrogens (primary N) is 1. The highest BCUT2D eigenvalue weighted by Crippen LogP contribution is 2.10. The van der Waals surface area contributed by atoms with Gasteiger partial charge in [-0.2, -0.15) is 0 Å². The zero-order valence-electron chi connectivity index (χ0n) is 9.44. The first-order valence-corrected chi connectivity index (χ1v) is 5.67. The van der Waals surface area contributed by atoms with Crippen LogP contribution >= 0.6 is 0 Å². The second-order valence-electron chi connectivity index (χ2n) is 4.11. The molecule has 0 bridgehead atoms. The largest absolute Gasteiger partial charge is 0.334 e. The maximum absolute atomic E-state index is 12.0. The van der Waals surface area contributed by atoms with Crippen LogP contribution in [0, 0.1) is 0 Å². The van der Waals surface area contributed by atoms with Gasteiger partial charge >= 0.3 is 0 Å². The number of H-pyrrole nitrogens is 1. The molecule has 1 amide bonds. The van der Waals surface area contributed by atoms with E-state index in [1.54, 1.807) is 4.90 Å². The predicted molar refractivity (Wildman–Crippen MR) is 58.9 cm³/mol. The molecule has 3 N–H and O–H groups in total. The summed E-state index contributed by atoms with van der Waals surface area (Å²) in [4.78, 5) is 17.9. The lowest BCUT2D eigenvalue weighted by atomic mass is 10.1. The molecule has 16 heavy (non-hydrogen) atoms. The average Bonchev–Trinajstić information content (AvgIpc) is 2.76. The number of aromatic nitrogens is 3. The molecule has 1 aromatic rings. The lowest BCUT2D eigenvalue weighted by Gasteiger charge is -2.29. The molecule has 0 unspecified atom stereocenters. The van der Waals surface area contributed by atoms with E-state index in [1.807, 2.05) is 6.92 Å². The molecule has 88 valence electrons. The minimum Gasteiger partial charge on any atom is -0.334 e. The first-order chi connectivity index (χ1) is 7.70. The molecule has 2 heterocycles. The Balaban J connectivity index is 2.06. The number of hydrogen-bond acceptors (Lipinski definition) is 4. The summed E-state index contributed by atoms with van der Waals surface area (Å²) in [6.07, 6.45) is 2.69. The number of piperidine rings is 1. The molecule has 1 fully saturated rings. The van der Waals surface area contributed by atoms with Crippen LogP contribution in [0.4, 0.5) is 0 Å². The van der Waals surface area contributed by atoms with Crippen LogP contribution < -0.4 is 5.73 Å². The Morgan fingerprint density at radius 2 is 2.50 bits per heavy atom. The lowest BCUT2D eigenvalue weighted by molar-refractivity contribution is 0.0697. The minimum atomic E-state index is -0.119. The van der Waals surface area contributed by atoms with Crippen LogP contribution in [0.2, 0.25) is 0 Å². The Bertz CT molecular complexity index is 375. The number of carbonyl (C=O) groups is 1. The van der Waals surface area contributed by atoms with E-state index < -0.39 is 0 Å². The van der Waals surface area contributed by atoms with Crippen molar-refractivity contribution >= 4 is 5.91 Å². The van der Waals surface area contributed by atoms with Gasteiger partial charge in [-0.15, -0.1) is 5.10 Å². The molecule has 0 saturated carbocycles. The monoisotopic (exact) mass is 223 g/mol. The van der Waals surface area contributed by atoms with Crippen molar-refractivity contribution in [1.82, 2.24) is 20.1 Å². The second kappa shape index (κ2) is 4.61. The molecule has 0 aliphatic carbocycles. The summed E-state index contributed by atoms with van der Waals surface area (Å²) in [6.45, 7) is 3.32. The predicted octanol–water partition coefficient (Wildman–Crippen LogP) is -0.0696. The Labute approximate surface area is 94.2 Å². The standard InChI is InChI=1S/C10H17N5O/c1-2-8-12-9(14-13-8)10(16)15-5-3-4-7(11)6-15/h7H,2-6,11H2,1H3,(H,12,13,14)/t7-/m1/s1. The smallest absolute Gasteiger partial charge is 0.293 e. The number of aromatic amines is 1. The average molecular weight is 223 g/mol. The van der Waals surface area contributed by atoms with Crippen LogP contribution in [0.15, 0.2) is 0 Å². The molecule has 6 heteroatoms. The molecule has 0 radical (unpaired) electrons. The summed E-state index contributed by atoms with van der Waals surface area (Å²) in [5.41, 5.74) is 5.83. The summed E-state index contributed by atoms with van der Waals surface area (Å²) in [5.74, 6) is 0.877. The van der Waals surface area contributed by atoms with Crippen LogP contribution in [0.25, 0.3) is 0 Å². The number of rotatable bonds is 2. The maximum atomic E-state index is 12.0. The van der Waals surface area contributed by atoms with Gasteiger partial charge < -0.3 is 10.6 Å². The summed E-state index contributed by atoms with van der Waals surface area (Å²) < 4.78 is 0. The Hall–Kier alpha value is -1.43. The quantitative estimate of drug-likeness (QED) is 0.734. The van der Waals surface area contributed by atoms with E-state index in [4.69, 9.17) is 5.73 Å². The molecule has 1 aromatic heterocycles. The number of likely N-dealkylation sites (tertiary alicyclic amines) is 1. The molecular formula is C10H17N5O. The van der Waals surface area contributed by atoms with Gasteiger partial charge in [0.25, 0.3) is 5.91 Å². The molecular weight excluding hydrogens is 206 g/mol. The zero-order chi connectivity index (χ0) is 11.5. The Kier molecular flexibility index (Phi) is 3.19. The van der Waals surface area contributed by atoms with Crippen molar-refractivity contribution in [3.63, 3.8) is 0 Å². The van der Waals surface area contributed by atoms with E-state index in [0.29, 0.717) is 6.54 Å². The molecule has 6 nitrogen and oxygen atoms in total. The fourth-order valence-corrected chi connectivity index (χ4v) is 1.88. The normalized spacial score (nSPS) is 21.1. The number of nitrogens with zero attached hydrogens (tertiary/aromatic N) is 3. The third-order valence-corrected chi connectivity index (χ3v) is 2.80. The lowest BCUT2D eigenvalue weighted by Crippen LogP contribution is -2.46. The van der Waals surface area contributed by atoms with Crippen LogP contribution in [0.3, 0.4) is 0 Å². The van der Waals surface area contributed by atoms with Crippen molar-refractivity contribution in [1.29, 1.82) is 0 Å². The zero-order valence-corrected chi connectivity index (χ0v) is 9.44. The fourth-order valence-electron chi connectivity index (χ4n) is 1.88. The van der Waals surface area contributed by atoms with E-state index in [-0.39, 0.29) is 17.8 Å². The van der Waals surface area contributed by atoms with Crippen LogP contribution in [0.1, 0.15) is 36.2 Å². The van der Waals surface area contributed by atoms with Gasteiger partial charge in [0.2, 0.25) is 5.82 Å². The number of carbonyl (C=O) groups excluding carboxylic acids is 1. The van der Waals surface area contributed by atoms with Gasteiger partial charge in [0.05, 0.1) is 0 Å². The Morgan fingerprint density at radius 3 is 3.12 bits per heavy atom. The van der Waals surface area contributed by atoms with Gasteiger partial charge in [0.1, 0.15) is 5.82 Å². The van der Waals surface area contributed by atoms with Crippen LogP contribution in [0.5, 0.6) is 0 Å². The summed E-state index contributed by atoms with van der Waals surface area (Å²) in [6, 6.07) is 0.0855. The summed E-state index contributed by atoms with van der Waals surface area (Å²) in [5, 5.41) is 6.67. The topological polar surface area (TPSA) is 87.9 Å². The number of nitrogens with one attached hydrogen (secondary N) is 1. The van der Waals surface area contributed by atoms with Crippen molar-refractivity contribution in [2.24, 2.45) is 5.73 Å². The molecule has 1 aliphatic heterocycles. The Morgan fingerprint density at radius 1 is 1.69 bits per heavy atom. The van der Waals surface area contributed by atoms with E-state index in [2.05, 4.69) is 15.2 Å². The minimum absolute atomic E-state index is 0.0855. The van der Waals surface area contributed by atoms with Gasteiger partial charge in [0, 0.05) is 25.6 Å². The van der Waals surface area contributed by atoms with E-state index in [9.17, 15) is 4.79 Å². The molecule has 0 aromatic carbocycles. The number of amides is 1. The van der Waals surface area contributed by atoms with E-state index in [0.717, 1.165) is 31.6 Å². The first-order valence-electron chi connectivity index (χ1n) is 5.67. The van der Waals surface area contributed by atoms with E-state index in [1.165, 1.54) is 0 Å². The van der Waals surface area contributed by atoms with Gasteiger partial charge in [0.15, 0.2) is 0 Å². The second-order valence-corrected chi connectivity index (χ2v) is 4.11. The highest BCUT2D eigenvalue weighted by atomic mass is 16.2. The summed E-state index contributed by atoms with van der Waals surface area (Å²) in [7, 11) is 0. The molecule has 2 rings (SSSR count). The van der Waals surface area contributed by atoms with Crippen molar-refractivity contribution in [2.75, 3.05) is 13.1 Å². The first kappa shape index (κ1) is 11.1. The van der Waals surface area contributed by atoms with Crippen LogP contribution in [-0.2, 0) is 6.42 Å². The van der Waals surface area contributed by atoms with Crippen molar-refractivity contribution in [3.8, 4) is 0 Å². The highest BCUT2D eigenvalue weighted by Gasteiger charge is 2.24.